The van der Waals surface area contributed by atoms with Crippen LogP contribution < -0.4 is 4.90 Å². The highest BCUT2D eigenvalue weighted by molar-refractivity contribution is 5.82. The topological polar surface area (TPSA) is 79.5 Å². The molecule has 3 fully saturated rings. The smallest absolute Gasteiger partial charge is 0.159 e. The van der Waals surface area contributed by atoms with Crippen molar-refractivity contribution in [2.45, 2.75) is 50.9 Å². The van der Waals surface area contributed by atoms with Crippen molar-refractivity contribution in [3.8, 4) is 5.82 Å². The highest BCUT2D eigenvalue weighted by Gasteiger charge is 2.33. The molecule has 3 aliphatic heterocycles. The molecule has 34 heavy (non-hydrogen) atoms. The first-order chi connectivity index (χ1) is 16.5. The van der Waals surface area contributed by atoms with Gasteiger partial charge >= 0.3 is 0 Å². The van der Waals surface area contributed by atoms with Gasteiger partial charge in [-0.15, -0.1) is 0 Å². The highest BCUT2D eigenvalue weighted by atomic mass is 19.1. The third-order valence-electron chi connectivity index (χ3n) is 7.63. The first-order valence-electron chi connectivity index (χ1n) is 12.2. The van der Waals surface area contributed by atoms with Gasteiger partial charge in [0.2, 0.25) is 0 Å². The number of hydrogen-bond donors (Lipinski definition) is 1. The Bertz CT molecular complexity index is 1190. The minimum Gasteiger partial charge on any atom is -0.388 e. The zero-order valence-corrected chi connectivity index (χ0v) is 19.7. The molecule has 6 rings (SSSR count). The second-order valence-corrected chi connectivity index (χ2v) is 9.95. The Morgan fingerprint density at radius 1 is 1.03 bits per heavy atom. The summed E-state index contributed by atoms with van der Waals surface area (Å²) in [6, 6.07) is 6.94. The number of β-amino-alcohol motifs (C(OH)–C–C–N with tert-alkyl or cyclic N) is 1. The van der Waals surface area contributed by atoms with Crippen LogP contribution in [0.25, 0.3) is 16.7 Å². The standard InChI is InChI=1S/C25H31FN6O2/c1-15-7-18-10-27-32(25-9-24(28-16(2)29-25)31-11-21(26)23(33)12-31)22(18)8-20(15)17-3-5-30(6-4-17)19-13-34-14-19/h7-10,17,19,21,23,33H,3-6,11-14H2,1-2H3. The number of halogens is 1. The SMILES string of the molecule is Cc1nc(N2CC(O)C(F)C2)cc(-n2ncc3cc(C)c(C4CCN(C5COC5)CC4)cc32)n1. The number of benzene rings is 1. The van der Waals surface area contributed by atoms with Gasteiger partial charge in [-0.3, -0.25) is 4.90 Å². The maximum absolute atomic E-state index is 13.9. The molecule has 0 saturated carbocycles. The van der Waals surface area contributed by atoms with Crippen LogP contribution in [0, 0.1) is 13.8 Å². The average Bonchev–Trinajstić information content (AvgIpc) is 3.34. The Morgan fingerprint density at radius 2 is 1.79 bits per heavy atom. The van der Waals surface area contributed by atoms with Crippen LogP contribution in [0.3, 0.4) is 0 Å². The number of hydrogen-bond acceptors (Lipinski definition) is 7. The van der Waals surface area contributed by atoms with Crippen molar-refractivity contribution < 1.29 is 14.2 Å². The zero-order valence-electron chi connectivity index (χ0n) is 19.7. The summed E-state index contributed by atoms with van der Waals surface area (Å²) in [5, 5.41) is 15.6. The van der Waals surface area contributed by atoms with E-state index in [-0.39, 0.29) is 13.1 Å². The molecule has 5 heterocycles. The lowest BCUT2D eigenvalue weighted by Gasteiger charge is -2.41. The molecule has 1 N–H and O–H groups in total. The van der Waals surface area contributed by atoms with Crippen LogP contribution in [0.5, 0.6) is 0 Å². The maximum atomic E-state index is 13.9. The van der Waals surface area contributed by atoms with E-state index in [0.29, 0.717) is 29.4 Å². The monoisotopic (exact) mass is 466 g/mol. The van der Waals surface area contributed by atoms with Gasteiger partial charge in [-0.05, 0) is 69.0 Å². The third kappa shape index (κ3) is 3.85. The van der Waals surface area contributed by atoms with E-state index in [1.54, 1.807) is 4.90 Å². The molecule has 3 aromatic rings. The molecule has 2 atom stereocenters. The largest absolute Gasteiger partial charge is 0.388 e. The molecular formula is C25H31FN6O2. The highest BCUT2D eigenvalue weighted by Crippen LogP contribution is 2.34. The molecule has 3 aliphatic rings. The average molecular weight is 467 g/mol. The van der Waals surface area contributed by atoms with Crippen molar-refractivity contribution >= 4 is 16.7 Å². The number of piperidine rings is 1. The number of aliphatic hydroxyl groups excluding tert-OH is 1. The molecule has 2 unspecified atom stereocenters. The molecule has 3 saturated heterocycles. The number of likely N-dealkylation sites (tertiary alicyclic amines) is 1. The quantitative estimate of drug-likeness (QED) is 0.633. The molecule has 2 aromatic heterocycles. The Balaban J connectivity index is 1.31. The first kappa shape index (κ1) is 21.9. The Hall–Kier alpha value is -2.62. The lowest BCUT2D eigenvalue weighted by molar-refractivity contribution is -0.0712. The van der Waals surface area contributed by atoms with Crippen molar-refractivity contribution in [3.63, 3.8) is 0 Å². The second-order valence-electron chi connectivity index (χ2n) is 9.95. The van der Waals surface area contributed by atoms with Crippen LogP contribution in [-0.2, 0) is 4.74 Å². The number of fused-ring (bicyclic) bond motifs is 1. The minimum atomic E-state index is -1.27. The number of aryl methyl sites for hydroxylation is 2. The number of alkyl halides is 1. The van der Waals surface area contributed by atoms with Crippen molar-refractivity contribution in [2.24, 2.45) is 0 Å². The van der Waals surface area contributed by atoms with Crippen LogP contribution >= 0.6 is 0 Å². The number of anilines is 1. The fraction of sp³-hybridized carbons (Fsp3) is 0.560. The van der Waals surface area contributed by atoms with Gasteiger partial charge in [0.05, 0.1) is 37.5 Å². The van der Waals surface area contributed by atoms with Gasteiger partial charge < -0.3 is 14.7 Å². The summed E-state index contributed by atoms with van der Waals surface area (Å²) in [6.45, 7) is 8.35. The van der Waals surface area contributed by atoms with E-state index in [2.05, 4.69) is 39.0 Å². The van der Waals surface area contributed by atoms with E-state index in [9.17, 15) is 9.50 Å². The molecule has 180 valence electrons. The summed E-state index contributed by atoms with van der Waals surface area (Å²) in [4.78, 5) is 13.5. The van der Waals surface area contributed by atoms with E-state index in [1.165, 1.54) is 11.1 Å². The predicted octanol–water partition coefficient (Wildman–Crippen LogP) is 2.53. The lowest BCUT2D eigenvalue weighted by atomic mass is 9.85. The fourth-order valence-electron chi connectivity index (χ4n) is 5.58. The lowest BCUT2D eigenvalue weighted by Crippen LogP contribution is -2.51. The van der Waals surface area contributed by atoms with E-state index in [4.69, 9.17) is 4.74 Å². The van der Waals surface area contributed by atoms with Crippen LogP contribution in [0.1, 0.15) is 35.7 Å². The molecule has 0 bridgehead atoms. The van der Waals surface area contributed by atoms with Crippen molar-refractivity contribution in [3.05, 3.63) is 41.3 Å². The summed E-state index contributed by atoms with van der Waals surface area (Å²) in [5.41, 5.74) is 3.70. The number of aromatic nitrogens is 4. The fourth-order valence-corrected chi connectivity index (χ4v) is 5.58. The summed E-state index contributed by atoms with van der Waals surface area (Å²) in [6.07, 6.45) is 1.92. The van der Waals surface area contributed by atoms with E-state index >= 15 is 0 Å². The Labute approximate surface area is 198 Å². The number of nitrogens with zero attached hydrogens (tertiary/aromatic N) is 6. The minimum absolute atomic E-state index is 0.131. The number of ether oxygens (including phenoxy) is 1. The van der Waals surface area contributed by atoms with E-state index in [0.717, 1.165) is 50.0 Å². The van der Waals surface area contributed by atoms with Crippen molar-refractivity contribution in [1.29, 1.82) is 0 Å². The molecule has 8 nitrogen and oxygen atoms in total. The number of aliphatic hydroxyl groups is 1. The van der Waals surface area contributed by atoms with E-state index < -0.39 is 12.3 Å². The van der Waals surface area contributed by atoms with Crippen LogP contribution in [-0.4, -0.2) is 87.5 Å². The third-order valence-corrected chi connectivity index (χ3v) is 7.63. The van der Waals surface area contributed by atoms with Gasteiger partial charge in [0.25, 0.3) is 0 Å². The van der Waals surface area contributed by atoms with Crippen LogP contribution in [0.15, 0.2) is 24.4 Å². The Kier molecular flexibility index (Phi) is 5.50. The van der Waals surface area contributed by atoms with Crippen LogP contribution in [0.2, 0.25) is 0 Å². The van der Waals surface area contributed by atoms with Gasteiger partial charge in [0.15, 0.2) is 5.82 Å². The molecule has 0 amide bonds. The van der Waals surface area contributed by atoms with Crippen LogP contribution in [0.4, 0.5) is 10.2 Å². The normalized spacial score (nSPS) is 24.8. The number of rotatable bonds is 4. The summed E-state index contributed by atoms with van der Waals surface area (Å²) in [7, 11) is 0. The summed E-state index contributed by atoms with van der Waals surface area (Å²) >= 11 is 0. The zero-order chi connectivity index (χ0) is 23.4. The molecule has 1 aromatic carbocycles. The molecule has 0 spiro atoms. The van der Waals surface area contributed by atoms with Crippen molar-refractivity contribution in [1.82, 2.24) is 24.6 Å². The predicted molar refractivity (Wildman–Crippen MR) is 127 cm³/mol. The van der Waals surface area contributed by atoms with Crippen molar-refractivity contribution in [2.75, 3.05) is 44.3 Å². The van der Waals surface area contributed by atoms with E-state index in [1.807, 2.05) is 23.9 Å². The second kappa shape index (κ2) is 8.55. The first-order valence-corrected chi connectivity index (χ1v) is 12.2. The van der Waals surface area contributed by atoms with Gasteiger partial charge in [-0.25, -0.2) is 19.0 Å². The molecule has 0 aliphatic carbocycles. The van der Waals surface area contributed by atoms with Gasteiger partial charge in [0, 0.05) is 18.0 Å². The Morgan fingerprint density at radius 3 is 2.47 bits per heavy atom. The summed E-state index contributed by atoms with van der Waals surface area (Å²) in [5.74, 6) is 2.39. The van der Waals surface area contributed by atoms with Gasteiger partial charge in [-0.1, -0.05) is 0 Å². The maximum Gasteiger partial charge on any atom is 0.159 e. The van der Waals surface area contributed by atoms with Gasteiger partial charge in [0.1, 0.15) is 23.9 Å². The van der Waals surface area contributed by atoms with Gasteiger partial charge in [-0.2, -0.15) is 5.10 Å². The summed E-state index contributed by atoms with van der Waals surface area (Å²) < 4.78 is 21.2. The molecular weight excluding hydrogens is 435 g/mol. The molecule has 9 heteroatoms. The molecule has 0 radical (unpaired) electrons.